The Morgan fingerprint density at radius 3 is 2.50 bits per heavy atom. The van der Waals surface area contributed by atoms with E-state index in [4.69, 9.17) is 14.5 Å². The third-order valence-corrected chi connectivity index (χ3v) is 6.89. The number of H-pyrrole nitrogens is 1. The predicted octanol–water partition coefficient (Wildman–Crippen LogP) is 2.03. The number of nitrogens with one attached hydrogen (secondary N) is 1. The fourth-order valence-corrected chi connectivity index (χ4v) is 5.38. The lowest BCUT2D eigenvalue weighted by Gasteiger charge is -2.40. The second kappa shape index (κ2) is 7.47. The van der Waals surface area contributed by atoms with Gasteiger partial charge in [0.1, 0.15) is 5.60 Å². The zero-order valence-corrected chi connectivity index (χ0v) is 19.3. The van der Waals surface area contributed by atoms with Crippen molar-refractivity contribution < 1.29 is 14.3 Å². The molecule has 10 heteroatoms. The maximum atomic E-state index is 13.6. The minimum Gasteiger partial charge on any atom is -0.444 e. The molecule has 10 nitrogen and oxygen atoms in total. The van der Waals surface area contributed by atoms with Crippen LogP contribution >= 0.6 is 0 Å². The van der Waals surface area contributed by atoms with Gasteiger partial charge in [-0.15, -0.1) is 0 Å². The van der Waals surface area contributed by atoms with Crippen molar-refractivity contribution in [3.05, 3.63) is 21.6 Å². The number of rotatable bonds is 1. The van der Waals surface area contributed by atoms with E-state index in [0.717, 1.165) is 43.6 Å². The molecule has 4 heterocycles. The Hall–Kier alpha value is -2.62. The number of morpholine rings is 1. The molecule has 1 atom stereocenters. The van der Waals surface area contributed by atoms with E-state index in [9.17, 15) is 9.59 Å². The largest absolute Gasteiger partial charge is 0.444 e. The number of hydrogen-bond donors (Lipinski definition) is 1. The molecule has 0 saturated carbocycles. The van der Waals surface area contributed by atoms with Crippen molar-refractivity contribution in [2.75, 3.05) is 44.3 Å². The van der Waals surface area contributed by atoms with E-state index in [1.165, 1.54) is 4.52 Å². The number of nitrogens with zero attached hydrogens (tertiary/aromatic N) is 5. The summed E-state index contributed by atoms with van der Waals surface area (Å²) in [4.78, 5) is 39.4. The Kier molecular flexibility index (Phi) is 4.96. The molecule has 32 heavy (non-hydrogen) atoms. The number of aromatic amines is 1. The van der Waals surface area contributed by atoms with Crippen molar-refractivity contribution >= 4 is 17.8 Å². The van der Waals surface area contributed by atoms with Gasteiger partial charge in [0, 0.05) is 37.2 Å². The van der Waals surface area contributed by atoms with Crippen LogP contribution in [0.2, 0.25) is 0 Å². The summed E-state index contributed by atoms with van der Waals surface area (Å²) in [5.74, 6) is 1.26. The van der Waals surface area contributed by atoms with Gasteiger partial charge in [-0.1, -0.05) is 6.92 Å². The molecule has 2 fully saturated rings. The van der Waals surface area contributed by atoms with Crippen molar-refractivity contribution in [2.45, 2.75) is 63.9 Å². The van der Waals surface area contributed by atoms with Gasteiger partial charge >= 0.3 is 6.09 Å². The first-order valence-corrected chi connectivity index (χ1v) is 11.5. The van der Waals surface area contributed by atoms with Crippen LogP contribution in [0.25, 0.3) is 5.78 Å². The van der Waals surface area contributed by atoms with Crippen molar-refractivity contribution in [1.82, 2.24) is 24.5 Å². The van der Waals surface area contributed by atoms with Crippen LogP contribution in [-0.2, 0) is 14.9 Å². The number of carbonyl (C=O) groups excluding carboxylic acids is 1. The van der Waals surface area contributed by atoms with Crippen LogP contribution in [0.1, 0.15) is 64.1 Å². The SMILES string of the molecule is C[C@H]1CC2(CCN(C(=O)OC(C)(C)C)CC2)c2c1nc1nc(N3CCOCC3)[nH]n1c2=O. The highest BCUT2D eigenvalue weighted by molar-refractivity contribution is 5.68. The lowest BCUT2D eigenvalue weighted by Crippen LogP contribution is -2.47. The summed E-state index contributed by atoms with van der Waals surface area (Å²) < 4.78 is 12.5. The number of amides is 1. The minimum atomic E-state index is -0.520. The molecular formula is C22H32N6O4. The smallest absolute Gasteiger partial charge is 0.410 e. The van der Waals surface area contributed by atoms with Crippen LogP contribution in [0.15, 0.2) is 4.79 Å². The third kappa shape index (κ3) is 3.54. The molecule has 2 aromatic heterocycles. The molecule has 1 N–H and O–H groups in total. The van der Waals surface area contributed by atoms with E-state index in [1.54, 1.807) is 4.90 Å². The summed E-state index contributed by atoms with van der Waals surface area (Å²) in [6.07, 6.45) is 2.05. The minimum absolute atomic E-state index is 0.0629. The monoisotopic (exact) mass is 444 g/mol. The molecule has 0 unspecified atom stereocenters. The van der Waals surface area contributed by atoms with Crippen LogP contribution in [0.5, 0.6) is 0 Å². The topological polar surface area (TPSA) is 105 Å². The number of hydrogen-bond acceptors (Lipinski definition) is 7. The quantitative estimate of drug-likeness (QED) is 0.717. The zero-order valence-electron chi connectivity index (χ0n) is 19.3. The van der Waals surface area contributed by atoms with Gasteiger partial charge in [-0.2, -0.15) is 9.50 Å². The van der Waals surface area contributed by atoms with E-state index in [-0.39, 0.29) is 23.0 Å². The van der Waals surface area contributed by atoms with Crippen LogP contribution in [-0.4, -0.2) is 75.6 Å². The molecule has 0 radical (unpaired) electrons. The van der Waals surface area contributed by atoms with Crippen molar-refractivity contribution in [3.63, 3.8) is 0 Å². The van der Waals surface area contributed by atoms with Gasteiger partial charge in [0.15, 0.2) is 0 Å². The summed E-state index contributed by atoms with van der Waals surface area (Å²) in [6, 6.07) is 0. The van der Waals surface area contributed by atoms with Gasteiger partial charge in [-0.25, -0.2) is 9.78 Å². The Bertz CT molecular complexity index is 1090. The molecular weight excluding hydrogens is 412 g/mol. The molecule has 2 saturated heterocycles. The Morgan fingerprint density at radius 1 is 1.16 bits per heavy atom. The third-order valence-electron chi connectivity index (χ3n) is 6.89. The van der Waals surface area contributed by atoms with E-state index >= 15 is 0 Å². The molecule has 1 amide bonds. The summed E-state index contributed by atoms with van der Waals surface area (Å²) in [5.41, 5.74) is 0.813. The summed E-state index contributed by atoms with van der Waals surface area (Å²) in [5, 5.41) is 3.17. The van der Waals surface area contributed by atoms with Gasteiger partial charge in [-0.05, 0) is 46.0 Å². The average molecular weight is 445 g/mol. The number of carbonyl (C=O) groups is 1. The molecule has 1 aliphatic carbocycles. The van der Waals surface area contributed by atoms with E-state index < -0.39 is 5.60 Å². The number of ether oxygens (including phenoxy) is 2. The molecule has 2 aromatic rings. The Morgan fingerprint density at radius 2 is 1.84 bits per heavy atom. The average Bonchev–Trinajstić information content (AvgIpc) is 3.28. The number of aromatic nitrogens is 4. The van der Waals surface area contributed by atoms with Crippen LogP contribution in [0.4, 0.5) is 10.7 Å². The maximum absolute atomic E-state index is 13.6. The molecule has 5 rings (SSSR count). The second-order valence-corrected chi connectivity index (χ2v) is 10.3. The molecule has 0 bridgehead atoms. The van der Waals surface area contributed by atoms with Crippen molar-refractivity contribution in [1.29, 1.82) is 0 Å². The highest BCUT2D eigenvalue weighted by atomic mass is 16.6. The van der Waals surface area contributed by atoms with Gasteiger partial charge in [0.25, 0.3) is 11.3 Å². The molecule has 0 aromatic carbocycles. The lowest BCUT2D eigenvalue weighted by atomic mass is 9.74. The fourth-order valence-electron chi connectivity index (χ4n) is 5.38. The highest BCUT2D eigenvalue weighted by Crippen LogP contribution is 2.49. The van der Waals surface area contributed by atoms with Crippen LogP contribution in [0, 0.1) is 0 Å². The van der Waals surface area contributed by atoms with Gasteiger partial charge in [-0.3, -0.25) is 9.89 Å². The first-order chi connectivity index (χ1) is 15.2. The first-order valence-electron chi connectivity index (χ1n) is 11.5. The number of piperidine rings is 1. The van der Waals surface area contributed by atoms with Gasteiger partial charge < -0.3 is 19.3 Å². The number of anilines is 1. The summed E-state index contributed by atoms with van der Waals surface area (Å²) >= 11 is 0. The van der Waals surface area contributed by atoms with Crippen molar-refractivity contribution in [3.8, 4) is 0 Å². The van der Waals surface area contributed by atoms with E-state index in [0.29, 0.717) is 38.0 Å². The lowest BCUT2D eigenvalue weighted by molar-refractivity contribution is 0.0161. The molecule has 1 spiro atoms. The number of likely N-dealkylation sites (tertiary alicyclic amines) is 1. The second-order valence-electron chi connectivity index (χ2n) is 10.3. The Balaban J connectivity index is 1.45. The van der Waals surface area contributed by atoms with Crippen LogP contribution in [0.3, 0.4) is 0 Å². The number of fused-ring (bicyclic) bond motifs is 3. The van der Waals surface area contributed by atoms with Gasteiger partial charge in [0.2, 0.25) is 5.95 Å². The highest BCUT2D eigenvalue weighted by Gasteiger charge is 2.48. The summed E-state index contributed by atoms with van der Waals surface area (Å²) in [7, 11) is 0. The summed E-state index contributed by atoms with van der Waals surface area (Å²) in [6.45, 7) is 11.7. The van der Waals surface area contributed by atoms with E-state index in [2.05, 4.69) is 21.9 Å². The first kappa shape index (κ1) is 21.2. The molecule has 3 aliphatic rings. The zero-order chi connectivity index (χ0) is 22.7. The van der Waals surface area contributed by atoms with Gasteiger partial charge in [0.05, 0.1) is 18.9 Å². The fraction of sp³-hybridized carbons (Fsp3) is 0.727. The van der Waals surface area contributed by atoms with E-state index in [1.807, 2.05) is 20.8 Å². The predicted molar refractivity (Wildman–Crippen MR) is 118 cm³/mol. The molecule has 2 aliphatic heterocycles. The standard InChI is InChI=1S/C22H32N6O4/c1-14-13-22(5-7-27(8-6-22)20(30)32-21(2,3)4)15-16(14)23-18-24-19(25-28(18)17(15)29)26-9-11-31-12-10-26/h14H,5-13H2,1-4H3,(H,23,24,25)/t14-/m0/s1. The maximum Gasteiger partial charge on any atom is 0.410 e. The Labute approximate surface area is 186 Å². The van der Waals surface area contributed by atoms with Crippen molar-refractivity contribution in [2.24, 2.45) is 0 Å². The normalized spacial score (nSPS) is 23.1. The van der Waals surface area contributed by atoms with Crippen LogP contribution < -0.4 is 10.5 Å². The molecule has 174 valence electrons.